The Hall–Kier alpha value is -10.5. The van der Waals surface area contributed by atoms with E-state index in [0.717, 1.165) is 139 Å². The molecule has 4 aliphatic heterocycles. The Morgan fingerprint density at radius 2 is 0.938 bits per heavy atom. The van der Waals surface area contributed by atoms with Gasteiger partial charge in [0.1, 0.15) is 34.9 Å². The molecule has 0 fully saturated rings. The lowest BCUT2D eigenvalue weighted by Crippen LogP contribution is -2.34. The van der Waals surface area contributed by atoms with Crippen molar-refractivity contribution < 1.29 is 9.36 Å². The molecule has 480 valence electrons. The van der Waals surface area contributed by atoms with Gasteiger partial charge in [0.25, 0.3) is 12.2 Å². The molecule has 4 aliphatic rings. The van der Waals surface area contributed by atoms with Crippen LogP contribution in [0.5, 0.6) is 0 Å². The van der Waals surface area contributed by atoms with Gasteiger partial charge in [-0.3, -0.25) is 24.8 Å². The maximum absolute atomic E-state index is 11.7. The largest absolute Gasteiger partial charge is 0.324 e. The van der Waals surface area contributed by atoms with Gasteiger partial charge in [0, 0.05) is 69.7 Å². The molecule has 0 radical (unpaired) electrons. The number of carbonyl (C=O) groups is 1. The highest BCUT2D eigenvalue weighted by Gasteiger charge is 2.27. The van der Waals surface area contributed by atoms with Crippen molar-refractivity contribution in [1.29, 1.82) is 0 Å². The fourth-order valence-corrected chi connectivity index (χ4v) is 12.3. The van der Waals surface area contributed by atoms with Crippen molar-refractivity contribution in [3.63, 3.8) is 0 Å². The van der Waals surface area contributed by atoms with Crippen LogP contribution >= 0.6 is 31.9 Å². The number of rotatable bonds is 4. The molecule has 7 heterocycles. The van der Waals surface area contributed by atoms with Crippen LogP contribution in [0.1, 0.15) is 84.2 Å². The average molecular weight is 1430 g/mol. The molecule has 0 unspecified atom stereocenters. The van der Waals surface area contributed by atoms with Crippen molar-refractivity contribution in [1.82, 2.24) is 28.9 Å². The molecule has 8 aromatic carbocycles. The summed E-state index contributed by atoms with van der Waals surface area (Å²) < 4.78 is 10.3. The number of amides is 1. The Bertz CT molecular complexity index is 5030. The van der Waals surface area contributed by atoms with Crippen molar-refractivity contribution >= 4 is 82.4 Å². The van der Waals surface area contributed by atoms with Gasteiger partial charge in [-0.15, -0.1) is 28.6 Å². The van der Waals surface area contributed by atoms with Gasteiger partial charge < -0.3 is 14.5 Å². The number of benzene rings is 8. The van der Waals surface area contributed by atoms with E-state index in [1.54, 1.807) is 0 Å². The van der Waals surface area contributed by atoms with E-state index in [0.29, 0.717) is 19.6 Å². The maximum Gasteiger partial charge on any atom is 0.270 e. The second-order valence-electron chi connectivity index (χ2n) is 25.4. The van der Waals surface area contributed by atoms with E-state index in [9.17, 15) is 4.79 Å². The lowest BCUT2D eigenvalue weighted by Gasteiger charge is -2.12. The van der Waals surface area contributed by atoms with E-state index in [2.05, 4.69) is 224 Å². The molecule has 0 saturated heterocycles. The zero-order valence-corrected chi connectivity index (χ0v) is 60.9. The van der Waals surface area contributed by atoms with Gasteiger partial charge in [-0.05, 0) is 86.6 Å². The lowest BCUT2D eigenvalue weighted by molar-refractivity contribution is -0.605. The fourth-order valence-electron chi connectivity index (χ4n) is 11.1. The minimum Gasteiger partial charge on any atom is -0.324 e. The van der Waals surface area contributed by atoms with Crippen LogP contribution in [0.15, 0.2) is 242 Å². The van der Waals surface area contributed by atoms with Gasteiger partial charge in [-0.25, -0.2) is 9.97 Å². The molecule has 0 spiro atoms. The number of aryl methyl sites for hydroxylation is 3. The summed E-state index contributed by atoms with van der Waals surface area (Å²) in [6, 6.07) is 65.4. The van der Waals surface area contributed by atoms with Gasteiger partial charge >= 0.3 is 0 Å². The van der Waals surface area contributed by atoms with Crippen molar-refractivity contribution in [3.05, 3.63) is 306 Å². The molecule has 3 aromatic heterocycles. The summed E-state index contributed by atoms with van der Waals surface area (Å²) in [5.41, 5.74) is 28.9. The van der Waals surface area contributed by atoms with E-state index in [4.69, 9.17) is 27.8 Å². The van der Waals surface area contributed by atoms with Crippen LogP contribution in [0, 0.1) is 49.6 Å². The molecular formula is C80H73Br2N12OSi2+. The monoisotopic (exact) mass is 1430 g/mol. The fraction of sp³-hybridized carbons (Fsp3) is 0.163. The number of terminal acetylenes is 2. The number of nitrogens with zero attached hydrogens (tertiary/aromatic N) is 11. The van der Waals surface area contributed by atoms with Crippen molar-refractivity contribution in [2.75, 3.05) is 11.9 Å². The molecule has 0 atom stereocenters. The number of imidazole rings is 2. The van der Waals surface area contributed by atoms with E-state index >= 15 is 0 Å². The van der Waals surface area contributed by atoms with Crippen LogP contribution in [0.25, 0.3) is 17.1 Å². The van der Waals surface area contributed by atoms with E-state index in [-0.39, 0.29) is 12.5 Å². The van der Waals surface area contributed by atoms with Crippen LogP contribution < -0.4 is 9.88 Å². The second kappa shape index (κ2) is 30.1. The average Bonchev–Trinajstić information content (AvgIpc) is 1.86. The molecule has 13 nitrogen and oxygen atoms in total. The highest BCUT2D eigenvalue weighted by molar-refractivity contribution is 9.10. The van der Waals surface area contributed by atoms with Crippen LogP contribution in [-0.2, 0) is 31.5 Å². The Morgan fingerprint density at radius 3 is 1.44 bits per heavy atom. The summed E-state index contributed by atoms with van der Waals surface area (Å²) in [5.74, 6) is 7.07. The second-order valence-corrected chi connectivity index (χ2v) is 36.7. The predicted octanol–water partition coefficient (Wildman–Crippen LogP) is 15.8. The van der Waals surface area contributed by atoms with Crippen molar-refractivity contribution in [2.45, 2.75) is 72.8 Å². The smallest absolute Gasteiger partial charge is 0.270 e. The number of hydrogen-bond acceptors (Lipinski definition) is 8. The zero-order valence-electron chi connectivity index (χ0n) is 55.8. The first-order valence-corrected chi connectivity index (χ1v) is 40.4. The maximum atomic E-state index is 11.7. The summed E-state index contributed by atoms with van der Waals surface area (Å²) in [4.78, 5) is 39.7. The number of fused-ring (bicyclic) bond motifs is 10. The third-order valence-electron chi connectivity index (χ3n) is 16.1. The standard InChI is InChI=1S/C22H23N4Si.C20H15N3.C18H14BrN3.C15H11BrN2O.C5H10Si/c1-25-21-15-23-22(18-8-6-5-7-9-18)19-14-17(12-13-27(2,3)4)10-11-20(19)26(21)16-24-25;1-3-15-9-10-18-17(11-15)20(16-7-5-4-6-8-16)21-12-19-14(2)22-13-23(18)19;1-12-17-10-20-18(13-5-3-2-4-6-13)15-9-14(19)7-8-16(15)22(17)11-21-12;16-11-6-7-13-12(8-11)15(17-9-14(19)18-13)10-4-2-1-3-5-10;1-5-6(2,3)4/h5-11,14,16H,15H2,1-4H3;1,4-11,13H,12H2,2H3;2-9,11H,10H2,1H3;1-8H,9H2,(H,18,19);1H,2-4H3/q+1;;;;. The molecule has 97 heavy (non-hydrogen) atoms. The summed E-state index contributed by atoms with van der Waals surface area (Å²) >= 11 is 7.04. The van der Waals surface area contributed by atoms with Crippen molar-refractivity contribution in [3.8, 4) is 52.8 Å². The van der Waals surface area contributed by atoms with E-state index in [1.807, 2.05) is 148 Å². The molecule has 17 heteroatoms. The molecule has 0 bridgehead atoms. The van der Waals surface area contributed by atoms with Crippen LogP contribution in [0.2, 0.25) is 39.3 Å². The predicted molar refractivity (Wildman–Crippen MR) is 406 cm³/mol. The minimum absolute atomic E-state index is 0.0884. The van der Waals surface area contributed by atoms with Crippen LogP contribution in [-0.4, -0.2) is 80.3 Å². The Kier molecular flexibility index (Phi) is 21.1. The van der Waals surface area contributed by atoms with E-state index < -0.39 is 16.1 Å². The zero-order chi connectivity index (χ0) is 68.4. The number of aliphatic imine (C=N–C) groups is 4. The van der Waals surface area contributed by atoms with Gasteiger partial charge in [-0.1, -0.05) is 204 Å². The Balaban J connectivity index is 0.000000128. The molecule has 15 rings (SSSR count). The highest BCUT2D eigenvalue weighted by Crippen LogP contribution is 2.32. The molecule has 0 saturated carbocycles. The van der Waals surface area contributed by atoms with Gasteiger partial charge in [0.2, 0.25) is 5.91 Å². The number of halogens is 2. The summed E-state index contributed by atoms with van der Waals surface area (Å²) in [6.07, 6.45) is 16.3. The van der Waals surface area contributed by atoms with E-state index in [1.165, 1.54) is 0 Å². The third kappa shape index (κ3) is 16.3. The number of anilines is 1. The summed E-state index contributed by atoms with van der Waals surface area (Å²) in [5, 5.41) is 7.29. The first-order chi connectivity index (χ1) is 46.7. The molecule has 0 aliphatic carbocycles. The Morgan fingerprint density at radius 1 is 0.505 bits per heavy atom. The topological polar surface area (TPSA) is 136 Å². The SMILES string of the molecule is C#C[Si](C)(C)C.C#Cc1ccc2c(c1)C(c1ccccc1)=NCc1c(C)ncn1-2.Cc1ncn2c1CN=C(c1ccccc1)c1cc(Br)ccc1-2.Cn1nc[n+]2c1CN=C(c1ccccc1)c1cc(C#C[Si](C)(C)C)ccc1-2.O=C1CN=C(c2ccccc2)c2cc(Br)ccc2N1. The van der Waals surface area contributed by atoms with Gasteiger partial charge in [0.05, 0.1) is 95.5 Å². The van der Waals surface area contributed by atoms with Gasteiger partial charge in [-0.2, -0.15) is 4.57 Å². The molecule has 1 N–H and O–H groups in total. The van der Waals surface area contributed by atoms with Gasteiger partial charge in [0.15, 0.2) is 0 Å². The number of hydrogen-bond donors (Lipinski definition) is 1. The third-order valence-corrected chi connectivity index (χ3v) is 18.8. The summed E-state index contributed by atoms with van der Waals surface area (Å²) in [7, 11) is -0.573. The highest BCUT2D eigenvalue weighted by atomic mass is 79.9. The summed E-state index contributed by atoms with van der Waals surface area (Å²) in [6.45, 7) is 19.3. The normalized spacial score (nSPS) is 13.0. The number of aromatic nitrogens is 7. The molecule has 11 aromatic rings. The van der Waals surface area contributed by atoms with Crippen LogP contribution in [0.3, 0.4) is 0 Å². The quantitative estimate of drug-likeness (QED) is 0.107. The Labute approximate surface area is 587 Å². The lowest BCUT2D eigenvalue weighted by atomic mass is 9.98. The van der Waals surface area contributed by atoms with Crippen molar-refractivity contribution in [2.24, 2.45) is 27.0 Å². The number of benzodiazepines with no additional fused rings is 1. The first kappa shape index (κ1) is 67.9. The van der Waals surface area contributed by atoms with Crippen LogP contribution in [0.4, 0.5) is 5.69 Å². The minimum atomic E-state index is -1.43. The first-order valence-electron chi connectivity index (χ1n) is 31.8. The molecule has 1 amide bonds. The molecular weight excluding hydrogens is 1360 g/mol. The number of nitrogens with one attached hydrogen (secondary N) is 1. The number of carbonyl (C=O) groups excluding carboxylic acids is 1.